The fraction of sp³-hybridized carbons (Fsp3) is 0.406. The van der Waals surface area contributed by atoms with Crippen molar-refractivity contribution in [2.24, 2.45) is 0 Å². The van der Waals surface area contributed by atoms with Gasteiger partial charge in [-0.3, -0.25) is 9.59 Å². The van der Waals surface area contributed by atoms with Gasteiger partial charge in [0.2, 0.25) is 18.0 Å². The van der Waals surface area contributed by atoms with Crippen LogP contribution >= 0.6 is 11.8 Å². The first-order valence-electron chi connectivity index (χ1n) is 14.9. The molecular weight excluding hydrogens is 608 g/mol. The average Bonchev–Trinajstić information content (AvgIpc) is 3.82. The van der Waals surface area contributed by atoms with Crippen LogP contribution in [0, 0.1) is 11.6 Å². The molecule has 7 rings (SSSR count). The highest BCUT2D eigenvalue weighted by atomic mass is 32.2. The van der Waals surface area contributed by atoms with Gasteiger partial charge in [0.05, 0.1) is 31.1 Å². The number of carbonyl (C=O) groups excluding carboxylic acids is 2. The summed E-state index contributed by atoms with van der Waals surface area (Å²) in [5.74, 6) is -2.63. The zero-order valence-electron chi connectivity index (χ0n) is 24.5. The number of ether oxygens (including phenoxy) is 4. The normalized spacial score (nSPS) is 19.0. The maximum atomic E-state index is 15.3. The number of aromatic nitrogens is 1. The maximum absolute atomic E-state index is 15.3. The summed E-state index contributed by atoms with van der Waals surface area (Å²) >= 11 is 1.41. The molecule has 0 unspecified atom stereocenters. The minimum Gasteiger partial charge on any atom is -0.451 e. The zero-order valence-corrected chi connectivity index (χ0v) is 25.3. The second kappa shape index (κ2) is 11.7. The lowest BCUT2D eigenvalue weighted by atomic mass is 9.92. The van der Waals surface area contributed by atoms with Gasteiger partial charge in [-0.15, -0.1) is 11.8 Å². The van der Waals surface area contributed by atoms with Crippen molar-refractivity contribution in [3.05, 3.63) is 80.6 Å². The quantitative estimate of drug-likeness (QED) is 0.213. The summed E-state index contributed by atoms with van der Waals surface area (Å²) in [7, 11) is 0. The molecule has 0 bridgehead atoms. The van der Waals surface area contributed by atoms with Crippen molar-refractivity contribution in [3.63, 3.8) is 0 Å². The van der Waals surface area contributed by atoms with Gasteiger partial charge in [0.15, 0.2) is 17.3 Å². The number of pyridine rings is 1. The minimum absolute atomic E-state index is 0.133. The molecular formula is C32H31F2N3O7S. The van der Waals surface area contributed by atoms with Crippen molar-refractivity contribution in [1.29, 1.82) is 0 Å². The van der Waals surface area contributed by atoms with E-state index < -0.39 is 47.6 Å². The second-order valence-corrected chi connectivity index (χ2v) is 12.6. The molecule has 2 fully saturated rings. The molecule has 3 aliphatic heterocycles. The van der Waals surface area contributed by atoms with E-state index in [-0.39, 0.29) is 53.7 Å². The van der Waals surface area contributed by atoms with E-state index >= 15 is 8.78 Å². The van der Waals surface area contributed by atoms with Gasteiger partial charge in [0, 0.05) is 27.8 Å². The predicted molar refractivity (Wildman–Crippen MR) is 160 cm³/mol. The molecule has 0 radical (unpaired) electrons. The van der Waals surface area contributed by atoms with Gasteiger partial charge in [-0.2, -0.15) is 0 Å². The molecule has 4 aliphatic rings. The van der Waals surface area contributed by atoms with Crippen LogP contribution in [-0.2, 0) is 26.4 Å². The molecule has 2 aromatic carbocycles. The molecule has 3 aromatic rings. The fourth-order valence-electron chi connectivity index (χ4n) is 6.24. The third-order valence-electron chi connectivity index (χ3n) is 8.69. The first-order chi connectivity index (χ1) is 21.8. The Morgan fingerprint density at radius 2 is 1.98 bits per heavy atom. The number of rotatable bonds is 7. The lowest BCUT2D eigenvalue weighted by Crippen LogP contribution is -2.64. The molecule has 1 amide bonds. The van der Waals surface area contributed by atoms with Gasteiger partial charge in [-0.1, -0.05) is 31.5 Å². The van der Waals surface area contributed by atoms with Gasteiger partial charge in [-0.25, -0.2) is 18.3 Å². The molecule has 1 atom stereocenters. The number of benzene rings is 2. The lowest BCUT2D eigenvalue weighted by molar-refractivity contribution is -0.0467. The Balaban J connectivity index is 1.34. The largest absolute Gasteiger partial charge is 0.511 e. The molecule has 1 N–H and O–H groups in total. The van der Waals surface area contributed by atoms with Crippen LogP contribution in [0.4, 0.5) is 13.6 Å². The number of nitrogens with one attached hydrogen (secondary N) is 1. The number of morpholine rings is 1. The molecule has 1 aromatic heterocycles. The van der Waals surface area contributed by atoms with Crippen LogP contribution in [0.2, 0.25) is 0 Å². The van der Waals surface area contributed by atoms with Crippen LogP contribution in [0.1, 0.15) is 59.8 Å². The van der Waals surface area contributed by atoms with Crippen molar-refractivity contribution < 1.29 is 37.3 Å². The van der Waals surface area contributed by atoms with Crippen molar-refractivity contribution >= 4 is 23.8 Å². The second-order valence-electron chi connectivity index (χ2n) is 11.6. The molecule has 1 aliphatic carbocycles. The van der Waals surface area contributed by atoms with E-state index in [9.17, 15) is 14.4 Å². The highest BCUT2D eigenvalue weighted by Gasteiger charge is 2.58. The Morgan fingerprint density at radius 1 is 1.16 bits per heavy atom. The Hall–Kier alpha value is -4.10. The average molecular weight is 640 g/mol. The highest BCUT2D eigenvalue weighted by Crippen LogP contribution is 2.48. The Kier molecular flexibility index (Phi) is 7.68. The van der Waals surface area contributed by atoms with Crippen molar-refractivity contribution in [3.8, 4) is 17.0 Å². The summed E-state index contributed by atoms with van der Waals surface area (Å²) in [6.07, 6.45) is 1.69. The number of thioether (sulfide) groups is 1. The Morgan fingerprint density at radius 3 is 2.78 bits per heavy atom. The number of halogens is 2. The molecule has 1 spiro atoms. The first kappa shape index (κ1) is 29.6. The van der Waals surface area contributed by atoms with Gasteiger partial charge < -0.3 is 29.3 Å². The standard InChI is InChI=1S/C32H31F2N3O7S/c1-2-3-10-42-31(40)44-17-43-29-24(38)13-23(37-28(29)30(39)36-26(35-37)14-41-16-32(36)8-9-32)20-12-22(33)27(34)21-15-45-25-7-5-4-6-18(25)11-19(20)21/h4-7,12-13,26,35H,2-3,8-11,14-17H2,1H3/t26-/m0/s1. The molecule has 1 saturated carbocycles. The van der Waals surface area contributed by atoms with Gasteiger partial charge in [-0.05, 0) is 48.9 Å². The van der Waals surface area contributed by atoms with E-state index in [1.165, 1.54) is 22.5 Å². The zero-order chi connectivity index (χ0) is 31.3. The van der Waals surface area contributed by atoms with Gasteiger partial charge in [0.1, 0.15) is 6.17 Å². The molecule has 13 heteroatoms. The van der Waals surface area contributed by atoms with Crippen LogP contribution in [-0.4, -0.2) is 60.0 Å². The van der Waals surface area contributed by atoms with Crippen molar-refractivity contribution in [1.82, 2.24) is 9.58 Å². The summed E-state index contributed by atoms with van der Waals surface area (Å²) in [6, 6.07) is 9.94. The molecule has 10 nitrogen and oxygen atoms in total. The van der Waals surface area contributed by atoms with Crippen LogP contribution in [0.3, 0.4) is 0 Å². The summed E-state index contributed by atoms with van der Waals surface area (Å²) < 4.78 is 53.5. The van der Waals surface area contributed by atoms with Gasteiger partial charge >= 0.3 is 6.16 Å². The summed E-state index contributed by atoms with van der Waals surface area (Å²) in [4.78, 5) is 42.7. The third-order valence-corrected chi connectivity index (χ3v) is 9.83. The molecule has 45 heavy (non-hydrogen) atoms. The molecule has 236 valence electrons. The summed E-state index contributed by atoms with van der Waals surface area (Å²) in [5, 5.41) is 0. The lowest BCUT2D eigenvalue weighted by Gasteiger charge is -2.47. The fourth-order valence-corrected chi connectivity index (χ4v) is 7.34. The minimum atomic E-state index is -1.06. The Bertz CT molecular complexity index is 1760. The topological polar surface area (TPSA) is 108 Å². The summed E-state index contributed by atoms with van der Waals surface area (Å²) in [5.41, 5.74) is 4.05. The third kappa shape index (κ3) is 5.21. The van der Waals surface area contributed by atoms with Crippen LogP contribution in [0.15, 0.2) is 46.1 Å². The van der Waals surface area contributed by atoms with Crippen LogP contribution < -0.4 is 15.6 Å². The van der Waals surface area contributed by atoms with E-state index in [1.54, 1.807) is 4.90 Å². The van der Waals surface area contributed by atoms with Crippen LogP contribution in [0.5, 0.6) is 5.75 Å². The van der Waals surface area contributed by atoms with E-state index in [0.717, 1.165) is 35.8 Å². The van der Waals surface area contributed by atoms with E-state index in [1.807, 2.05) is 31.2 Å². The summed E-state index contributed by atoms with van der Waals surface area (Å²) in [6.45, 7) is 1.99. The highest BCUT2D eigenvalue weighted by molar-refractivity contribution is 7.98. The smallest absolute Gasteiger partial charge is 0.451 e. The number of fused-ring (bicyclic) bond motifs is 5. The number of nitrogens with zero attached hydrogens (tertiary/aromatic N) is 2. The van der Waals surface area contributed by atoms with E-state index in [2.05, 4.69) is 5.43 Å². The van der Waals surface area contributed by atoms with E-state index in [0.29, 0.717) is 18.6 Å². The SMILES string of the molecule is CCCCOC(=O)OCOc1c2n(c(-c3cc(F)c(F)c4c3Cc3ccccc3SC4)cc1=O)N[C@@H]1COCC3(CC3)N1C2=O. The Labute approximate surface area is 261 Å². The van der Waals surface area contributed by atoms with Crippen molar-refractivity contribution in [2.75, 3.05) is 32.0 Å². The maximum Gasteiger partial charge on any atom is 0.511 e. The predicted octanol–water partition coefficient (Wildman–Crippen LogP) is 5.17. The monoisotopic (exact) mass is 639 g/mol. The number of hydrogen-bond acceptors (Lipinski definition) is 9. The first-order valence-corrected chi connectivity index (χ1v) is 15.9. The number of unbranched alkanes of at least 4 members (excludes halogenated alkanes) is 1. The molecule has 4 heterocycles. The number of amides is 1. The van der Waals surface area contributed by atoms with Crippen LogP contribution in [0.25, 0.3) is 11.3 Å². The number of carbonyl (C=O) groups is 2. The van der Waals surface area contributed by atoms with Crippen molar-refractivity contribution in [2.45, 2.75) is 61.4 Å². The van der Waals surface area contributed by atoms with Gasteiger partial charge in [0.25, 0.3) is 5.91 Å². The number of hydrogen-bond donors (Lipinski definition) is 1. The molecule has 1 saturated heterocycles. The van der Waals surface area contributed by atoms with E-state index in [4.69, 9.17) is 18.9 Å².